The van der Waals surface area contributed by atoms with Crippen molar-refractivity contribution in [3.8, 4) is 0 Å². The first-order chi connectivity index (χ1) is 7.59. The summed E-state index contributed by atoms with van der Waals surface area (Å²) in [5.41, 5.74) is 0.417. The Kier molecular flexibility index (Phi) is 3.05. The molecule has 84 valence electrons. The first kappa shape index (κ1) is 11.3. The molecule has 1 aliphatic rings. The Morgan fingerprint density at radius 3 is 2.50 bits per heavy atom. The largest absolute Gasteiger partial charge is 0.274 e. The van der Waals surface area contributed by atoms with Crippen molar-refractivity contribution in [3.05, 3.63) is 28.7 Å². The van der Waals surface area contributed by atoms with Crippen molar-refractivity contribution in [3.63, 3.8) is 0 Å². The molecule has 3 nitrogen and oxygen atoms in total. The maximum absolute atomic E-state index is 13.2. The van der Waals surface area contributed by atoms with E-state index >= 15 is 0 Å². The highest BCUT2D eigenvalue weighted by atomic mass is 79.9. The first-order valence-corrected chi connectivity index (χ1v) is 5.65. The Bertz CT molecular complexity index is 432. The van der Waals surface area contributed by atoms with Crippen LogP contribution in [0.1, 0.15) is 12.8 Å². The molecule has 1 fully saturated rings. The van der Waals surface area contributed by atoms with Crippen LogP contribution in [0.3, 0.4) is 0 Å². The number of alkyl halides is 1. The van der Waals surface area contributed by atoms with E-state index in [-0.39, 0.29) is 18.7 Å². The van der Waals surface area contributed by atoms with Gasteiger partial charge in [-0.2, -0.15) is 0 Å². The molecule has 0 spiro atoms. The zero-order valence-corrected chi connectivity index (χ0v) is 9.91. The van der Waals surface area contributed by atoms with Crippen molar-refractivity contribution in [2.45, 2.75) is 19.0 Å². The number of piperidine rings is 1. The number of carbonyl (C=O) groups excluding carboxylic acids is 2. The quantitative estimate of drug-likeness (QED) is 0.744. The van der Waals surface area contributed by atoms with Crippen LogP contribution in [0.2, 0.25) is 0 Å². The van der Waals surface area contributed by atoms with Gasteiger partial charge in [0.2, 0.25) is 5.91 Å². The van der Waals surface area contributed by atoms with E-state index in [0.717, 1.165) is 9.37 Å². The number of hydrogen-bond donors (Lipinski definition) is 0. The molecule has 1 aromatic carbocycles. The summed E-state index contributed by atoms with van der Waals surface area (Å²) in [6, 6.07) is 6.63. The highest BCUT2D eigenvalue weighted by Crippen LogP contribution is 2.24. The lowest BCUT2D eigenvalue weighted by Crippen LogP contribution is -2.46. The summed E-state index contributed by atoms with van der Waals surface area (Å²) in [6.07, 6.45) is -1.51. The lowest BCUT2D eigenvalue weighted by Gasteiger charge is -2.26. The maximum atomic E-state index is 13.2. The van der Waals surface area contributed by atoms with Crippen molar-refractivity contribution in [2.75, 3.05) is 4.90 Å². The van der Waals surface area contributed by atoms with Gasteiger partial charge in [0, 0.05) is 10.9 Å². The van der Waals surface area contributed by atoms with Crippen LogP contribution in [0.5, 0.6) is 0 Å². The highest BCUT2D eigenvalue weighted by Gasteiger charge is 2.35. The summed E-state index contributed by atoms with van der Waals surface area (Å²) in [7, 11) is 0. The fourth-order valence-electron chi connectivity index (χ4n) is 1.61. The summed E-state index contributed by atoms with van der Waals surface area (Å²) in [5.74, 6) is -1.11. The smallest absolute Gasteiger partial charge is 0.268 e. The van der Waals surface area contributed by atoms with Crippen LogP contribution >= 0.6 is 15.9 Å². The van der Waals surface area contributed by atoms with Crippen LogP contribution in [-0.4, -0.2) is 18.0 Å². The van der Waals surface area contributed by atoms with Gasteiger partial charge in [-0.25, -0.2) is 9.29 Å². The van der Waals surface area contributed by atoms with E-state index in [1.54, 1.807) is 24.3 Å². The van der Waals surface area contributed by atoms with Gasteiger partial charge in [-0.1, -0.05) is 15.9 Å². The highest BCUT2D eigenvalue weighted by molar-refractivity contribution is 9.10. The molecule has 16 heavy (non-hydrogen) atoms. The fraction of sp³-hybridized carbons (Fsp3) is 0.273. The minimum atomic E-state index is -1.57. The molecule has 1 saturated heterocycles. The van der Waals surface area contributed by atoms with Crippen LogP contribution in [0.25, 0.3) is 0 Å². The topological polar surface area (TPSA) is 37.4 Å². The van der Waals surface area contributed by atoms with Gasteiger partial charge in [0.15, 0.2) is 6.17 Å². The SMILES string of the molecule is O=C1CCC(F)C(=O)N1c1ccc(Br)cc1. The number of carbonyl (C=O) groups is 2. The molecule has 0 aliphatic carbocycles. The van der Waals surface area contributed by atoms with E-state index in [1.807, 2.05) is 0 Å². The molecule has 0 radical (unpaired) electrons. The van der Waals surface area contributed by atoms with Gasteiger partial charge in [0.25, 0.3) is 5.91 Å². The molecule has 2 amide bonds. The third-order valence-corrected chi connectivity index (χ3v) is 2.96. The van der Waals surface area contributed by atoms with E-state index in [4.69, 9.17) is 0 Å². The summed E-state index contributed by atoms with van der Waals surface area (Å²) < 4.78 is 14.1. The van der Waals surface area contributed by atoms with Crippen molar-refractivity contribution in [1.29, 1.82) is 0 Å². The zero-order chi connectivity index (χ0) is 11.7. The molecule has 0 aromatic heterocycles. The summed E-state index contributed by atoms with van der Waals surface area (Å²) in [4.78, 5) is 24.0. The first-order valence-electron chi connectivity index (χ1n) is 4.86. The van der Waals surface area contributed by atoms with Gasteiger partial charge < -0.3 is 0 Å². The predicted molar refractivity (Wildman–Crippen MR) is 60.8 cm³/mol. The second kappa shape index (κ2) is 4.33. The zero-order valence-electron chi connectivity index (χ0n) is 8.32. The van der Waals surface area contributed by atoms with Gasteiger partial charge in [0.05, 0.1) is 5.69 Å². The molecule has 0 saturated carbocycles. The number of benzene rings is 1. The number of anilines is 1. The third kappa shape index (κ3) is 2.00. The second-order valence-corrected chi connectivity index (χ2v) is 4.47. The molecule has 2 rings (SSSR count). The molecular formula is C11H9BrFNO2. The Hall–Kier alpha value is -1.23. The normalized spacial score (nSPS) is 21.4. The van der Waals surface area contributed by atoms with Gasteiger partial charge in [0.1, 0.15) is 0 Å². The average Bonchev–Trinajstić information content (AvgIpc) is 2.27. The third-order valence-electron chi connectivity index (χ3n) is 2.43. The number of nitrogens with zero attached hydrogens (tertiary/aromatic N) is 1. The van der Waals surface area contributed by atoms with E-state index in [9.17, 15) is 14.0 Å². The lowest BCUT2D eigenvalue weighted by atomic mass is 10.1. The van der Waals surface area contributed by atoms with Gasteiger partial charge >= 0.3 is 0 Å². The summed E-state index contributed by atoms with van der Waals surface area (Å²) in [6.45, 7) is 0. The standard InChI is InChI=1S/C11H9BrFNO2/c12-7-1-3-8(4-2-7)14-10(15)6-5-9(13)11(14)16/h1-4,9H,5-6H2. The Morgan fingerprint density at radius 2 is 1.88 bits per heavy atom. The van der Waals surface area contributed by atoms with E-state index in [2.05, 4.69) is 15.9 Å². The van der Waals surface area contributed by atoms with E-state index in [0.29, 0.717) is 5.69 Å². The van der Waals surface area contributed by atoms with Crippen LogP contribution in [0.4, 0.5) is 10.1 Å². The van der Waals surface area contributed by atoms with Crippen LogP contribution in [0.15, 0.2) is 28.7 Å². The van der Waals surface area contributed by atoms with Crippen LogP contribution in [-0.2, 0) is 9.59 Å². The van der Waals surface area contributed by atoms with Gasteiger partial charge in [-0.3, -0.25) is 9.59 Å². The number of halogens is 2. The Balaban J connectivity index is 2.34. The fourth-order valence-corrected chi connectivity index (χ4v) is 1.87. The molecule has 1 atom stereocenters. The van der Waals surface area contributed by atoms with Crippen LogP contribution in [0, 0.1) is 0 Å². The molecule has 1 aromatic rings. The number of amides is 2. The minimum Gasteiger partial charge on any atom is -0.274 e. The molecule has 0 N–H and O–H groups in total. The van der Waals surface area contributed by atoms with Gasteiger partial charge in [-0.15, -0.1) is 0 Å². The molecule has 1 aliphatic heterocycles. The molecular weight excluding hydrogens is 277 g/mol. The predicted octanol–water partition coefficient (Wildman–Crippen LogP) is 2.44. The number of imide groups is 1. The second-order valence-electron chi connectivity index (χ2n) is 3.55. The van der Waals surface area contributed by atoms with Crippen molar-refractivity contribution >= 4 is 33.4 Å². The molecule has 1 unspecified atom stereocenters. The summed E-state index contributed by atoms with van der Waals surface area (Å²) >= 11 is 3.25. The monoisotopic (exact) mass is 285 g/mol. The average molecular weight is 286 g/mol. The maximum Gasteiger partial charge on any atom is 0.268 e. The van der Waals surface area contributed by atoms with Crippen molar-refractivity contribution in [1.82, 2.24) is 0 Å². The van der Waals surface area contributed by atoms with E-state index in [1.165, 1.54) is 0 Å². The minimum absolute atomic E-state index is 0.00923. The molecule has 5 heteroatoms. The Morgan fingerprint density at radius 1 is 1.25 bits per heavy atom. The number of hydrogen-bond acceptors (Lipinski definition) is 2. The van der Waals surface area contributed by atoms with Crippen molar-refractivity contribution in [2.24, 2.45) is 0 Å². The Labute approximate surface area is 100 Å². The molecule has 1 heterocycles. The molecule has 0 bridgehead atoms. The summed E-state index contributed by atoms with van der Waals surface area (Å²) in [5, 5.41) is 0. The lowest BCUT2D eigenvalue weighted by molar-refractivity contribution is -0.133. The van der Waals surface area contributed by atoms with Gasteiger partial charge in [-0.05, 0) is 30.7 Å². The number of rotatable bonds is 1. The van der Waals surface area contributed by atoms with E-state index < -0.39 is 12.1 Å². The van der Waals surface area contributed by atoms with Crippen molar-refractivity contribution < 1.29 is 14.0 Å². The van der Waals surface area contributed by atoms with Crippen LogP contribution < -0.4 is 4.90 Å².